The molecule has 0 aliphatic heterocycles. The fraction of sp³-hybridized carbons (Fsp3) is 0.0417. The number of nitrogens with one attached hydrogen (secondary N) is 2. The highest BCUT2D eigenvalue weighted by Gasteiger charge is 2.05. The maximum atomic E-state index is 5.18. The van der Waals surface area contributed by atoms with E-state index in [2.05, 4.69) is 117 Å². The number of methoxy groups -OCH3 is 2. The van der Waals surface area contributed by atoms with Gasteiger partial charge in [0.1, 0.15) is 23.1 Å². The molecular formula is C48H40N4O2. The zero-order valence-electron chi connectivity index (χ0n) is 30.2. The molecule has 264 valence electrons. The van der Waals surface area contributed by atoms with E-state index in [9.17, 15) is 0 Å². The van der Waals surface area contributed by atoms with Crippen molar-refractivity contribution in [1.82, 2.24) is 19.9 Å². The van der Waals surface area contributed by atoms with Crippen LogP contribution in [0.5, 0.6) is 11.5 Å². The molecule has 0 aliphatic carbocycles. The van der Waals surface area contributed by atoms with Crippen molar-refractivity contribution >= 4 is 24.3 Å². The fourth-order valence-electron chi connectivity index (χ4n) is 5.85. The monoisotopic (exact) mass is 704 g/mol. The molecule has 0 atom stereocenters. The van der Waals surface area contributed by atoms with Crippen molar-refractivity contribution in [3.63, 3.8) is 0 Å². The Kier molecular flexibility index (Phi) is 11.3. The normalized spacial score (nSPS) is 11.0. The van der Waals surface area contributed by atoms with E-state index in [1.54, 1.807) is 14.2 Å². The molecule has 0 saturated heterocycles. The molecule has 8 rings (SSSR count). The lowest BCUT2D eigenvalue weighted by molar-refractivity contribution is 0.414. The zero-order chi connectivity index (χ0) is 37.0. The molecule has 0 unspecified atom stereocenters. The largest absolute Gasteiger partial charge is 0.497 e. The van der Waals surface area contributed by atoms with Crippen LogP contribution in [-0.4, -0.2) is 34.2 Å². The Labute approximate surface area is 316 Å². The molecule has 0 fully saturated rings. The SMILES string of the molecule is COc1ccc(/C=C/c2nc(-c3ccc(-c4ccccc4)cc3)c[nH]2)cc1.COc1ccc(/C=C/c2nc(-c3ccc(-c4ccccc4)cc3)c[nH]2)cc1. The highest BCUT2D eigenvalue weighted by molar-refractivity contribution is 5.73. The summed E-state index contributed by atoms with van der Waals surface area (Å²) in [5.41, 5.74) is 11.1. The summed E-state index contributed by atoms with van der Waals surface area (Å²) in [5, 5.41) is 0. The van der Waals surface area contributed by atoms with E-state index in [1.165, 1.54) is 22.3 Å². The Balaban J connectivity index is 0.000000167. The number of H-pyrrole nitrogens is 2. The van der Waals surface area contributed by atoms with Crippen molar-refractivity contribution in [1.29, 1.82) is 0 Å². The van der Waals surface area contributed by atoms with Crippen LogP contribution in [0.2, 0.25) is 0 Å². The van der Waals surface area contributed by atoms with Gasteiger partial charge < -0.3 is 19.4 Å². The molecule has 0 aliphatic rings. The molecule has 54 heavy (non-hydrogen) atoms. The van der Waals surface area contributed by atoms with Gasteiger partial charge in [-0.15, -0.1) is 0 Å². The Morgan fingerprint density at radius 2 is 0.704 bits per heavy atom. The Morgan fingerprint density at radius 3 is 1.06 bits per heavy atom. The first kappa shape index (κ1) is 35.2. The molecule has 0 spiro atoms. The van der Waals surface area contributed by atoms with Gasteiger partial charge in [0.2, 0.25) is 0 Å². The number of rotatable bonds is 10. The molecule has 0 radical (unpaired) electrons. The van der Waals surface area contributed by atoms with Gasteiger partial charge in [0.25, 0.3) is 0 Å². The van der Waals surface area contributed by atoms with Crippen LogP contribution < -0.4 is 9.47 Å². The summed E-state index contributed by atoms with van der Waals surface area (Å²) in [4.78, 5) is 15.8. The van der Waals surface area contributed by atoms with Crippen molar-refractivity contribution in [2.45, 2.75) is 0 Å². The summed E-state index contributed by atoms with van der Waals surface area (Å²) in [5.74, 6) is 3.36. The summed E-state index contributed by atoms with van der Waals surface area (Å²) >= 11 is 0. The third-order valence-corrected chi connectivity index (χ3v) is 8.87. The minimum absolute atomic E-state index is 0.827. The van der Waals surface area contributed by atoms with Crippen LogP contribution >= 0.6 is 0 Å². The third kappa shape index (κ3) is 9.18. The molecule has 6 heteroatoms. The standard InChI is InChI=1S/2C24H20N2O/c2*1-27-22-14-7-18(8-15-22)9-16-24-25-17-23(26-24)21-12-10-20(11-13-21)19-5-3-2-4-6-19/h2*2-17H,1H3,(H,25,26)/b2*16-9+. The van der Waals surface area contributed by atoms with E-state index in [0.29, 0.717) is 0 Å². The predicted octanol–water partition coefficient (Wildman–Crippen LogP) is 11.8. The Morgan fingerprint density at radius 1 is 0.370 bits per heavy atom. The maximum Gasteiger partial charge on any atom is 0.130 e. The van der Waals surface area contributed by atoms with Gasteiger partial charge >= 0.3 is 0 Å². The predicted molar refractivity (Wildman–Crippen MR) is 223 cm³/mol. The molecule has 0 amide bonds. The molecule has 2 heterocycles. The maximum absolute atomic E-state index is 5.18. The Bertz CT molecular complexity index is 2230. The van der Waals surface area contributed by atoms with Gasteiger partial charge in [-0.2, -0.15) is 0 Å². The van der Waals surface area contributed by atoms with E-state index >= 15 is 0 Å². The van der Waals surface area contributed by atoms with Crippen molar-refractivity contribution in [2.24, 2.45) is 0 Å². The van der Waals surface area contributed by atoms with Crippen LogP contribution in [0.15, 0.2) is 170 Å². The van der Waals surface area contributed by atoms with E-state index in [-0.39, 0.29) is 0 Å². The van der Waals surface area contributed by atoms with Gasteiger partial charge in [-0.05, 0) is 69.8 Å². The van der Waals surface area contributed by atoms with Crippen LogP contribution in [0.25, 0.3) is 69.1 Å². The third-order valence-electron chi connectivity index (χ3n) is 8.87. The summed E-state index contributed by atoms with van der Waals surface area (Å²) in [6, 6.07) is 53.5. The van der Waals surface area contributed by atoms with Crippen molar-refractivity contribution < 1.29 is 9.47 Å². The molecule has 0 saturated carbocycles. The average molecular weight is 705 g/mol. The molecule has 2 aromatic heterocycles. The number of ether oxygens (including phenoxy) is 2. The van der Waals surface area contributed by atoms with Gasteiger partial charge in [-0.25, -0.2) is 9.97 Å². The van der Waals surface area contributed by atoms with Crippen LogP contribution in [0, 0.1) is 0 Å². The first-order valence-electron chi connectivity index (χ1n) is 17.7. The lowest BCUT2D eigenvalue weighted by atomic mass is 10.0. The van der Waals surface area contributed by atoms with Crippen molar-refractivity contribution in [3.8, 4) is 56.3 Å². The molecule has 2 N–H and O–H groups in total. The Hall–Kier alpha value is -7.18. The highest BCUT2D eigenvalue weighted by atomic mass is 16.5. The smallest absolute Gasteiger partial charge is 0.130 e. The van der Waals surface area contributed by atoms with Gasteiger partial charge in [0.15, 0.2) is 0 Å². The molecule has 6 aromatic carbocycles. The van der Waals surface area contributed by atoms with Crippen LogP contribution in [0.4, 0.5) is 0 Å². The van der Waals surface area contributed by atoms with E-state index in [0.717, 1.165) is 56.8 Å². The minimum Gasteiger partial charge on any atom is -0.497 e. The number of imidazole rings is 2. The number of aromatic amines is 2. The number of hydrogen-bond acceptors (Lipinski definition) is 4. The van der Waals surface area contributed by atoms with Gasteiger partial charge in [0.05, 0.1) is 25.6 Å². The quantitative estimate of drug-likeness (QED) is 0.149. The summed E-state index contributed by atoms with van der Waals surface area (Å²) < 4.78 is 10.4. The second kappa shape index (κ2) is 17.4. The first-order valence-corrected chi connectivity index (χ1v) is 17.7. The summed E-state index contributed by atoms with van der Waals surface area (Å²) in [7, 11) is 3.34. The topological polar surface area (TPSA) is 75.8 Å². The summed E-state index contributed by atoms with van der Waals surface area (Å²) in [6.07, 6.45) is 11.9. The van der Waals surface area contributed by atoms with E-state index in [4.69, 9.17) is 9.47 Å². The second-order valence-electron chi connectivity index (χ2n) is 12.4. The molecule has 8 aromatic rings. The molecule has 0 bridgehead atoms. The average Bonchev–Trinajstić information content (AvgIpc) is 3.94. The van der Waals surface area contributed by atoms with Crippen LogP contribution in [0.1, 0.15) is 22.8 Å². The molecular weight excluding hydrogens is 665 g/mol. The van der Waals surface area contributed by atoms with E-state index in [1.807, 2.05) is 97.4 Å². The van der Waals surface area contributed by atoms with E-state index < -0.39 is 0 Å². The van der Waals surface area contributed by atoms with Crippen molar-refractivity contribution in [3.05, 3.63) is 193 Å². The van der Waals surface area contributed by atoms with Gasteiger partial charge in [-0.3, -0.25) is 0 Å². The first-order chi connectivity index (χ1) is 26.6. The zero-order valence-corrected chi connectivity index (χ0v) is 30.2. The van der Waals surface area contributed by atoms with Gasteiger partial charge in [-0.1, -0.05) is 146 Å². The second-order valence-corrected chi connectivity index (χ2v) is 12.4. The number of benzene rings is 6. The lowest BCUT2D eigenvalue weighted by Gasteiger charge is -2.02. The number of hydrogen-bond donors (Lipinski definition) is 2. The van der Waals surface area contributed by atoms with Crippen LogP contribution in [-0.2, 0) is 0 Å². The minimum atomic E-state index is 0.827. The fourth-order valence-corrected chi connectivity index (χ4v) is 5.85. The number of aromatic nitrogens is 4. The van der Waals surface area contributed by atoms with Crippen LogP contribution in [0.3, 0.4) is 0 Å². The highest BCUT2D eigenvalue weighted by Crippen LogP contribution is 2.26. The summed E-state index contributed by atoms with van der Waals surface area (Å²) in [6.45, 7) is 0. The lowest BCUT2D eigenvalue weighted by Crippen LogP contribution is -1.82. The van der Waals surface area contributed by atoms with Crippen molar-refractivity contribution in [2.75, 3.05) is 14.2 Å². The molecule has 6 nitrogen and oxygen atoms in total. The van der Waals surface area contributed by atoms with Gasteiger partial charge in [0, 0.05) is 23.5 Å². The number of nitrogens with zero attached hydrogens (tertiary/aromatic N) is 2.